The van der Waals surface area contributed by atoms with E-state index in [0.29, 0.717) is 58.9 Å². The van der Waals surface area contributed by atoms with Gasteiger partial charge in [0.1, 0.15) is 11.6 Å². The summed E-state index contributed by atoms with van der Waals surface area (Å²) in [6.45, 7) is 4.25. The van der Waals surface area contributed by atoms with Crippen molar-refractivity contribution in [1.82, 2.24) is 24.5 Å². The number of rotatable bonds is 9. The smallest absolute Gasteiger partial charge is 0.266 e. The largest absolute Gasteiger partial charge is 0.369 e. The summed E-state index contributed by atoms with van der Waals surface area (Å²) in [5, 5.41) is 6.70. The zero-order valence-corrected chi connectivity index (χ0v) is 22.8. The van der Waals surface area contributed by atoms with Gasteiger partial charge in [-0.05, 0) is 62.2 Å². The number of carbonyl (C=O) groups is 1. The van der Waals surface area contributed by atoms with Crippen LogP contribution in [-0.4, -0.2) is 37.0 Å². The predicted octanol–water partition coefficient (Wildman–Crippen LogP) is 4.47. The Morgan fingerprint density at radius 2 is 1.83 bits per heavy atom. The van der Waals surface area contributed by atoms with E-state index < -0.39 is 0 Å². The average Bonchev–Trinajstić information content (AvgIpc) is 2.95. The van der Waals surface area contributed by atoms with Crippen LogP contribution in [0, 0.1) is 13.8 Å². The Kier molecular flexibility index (Phi) is 8.10. The SMILES string of the molecule is Cc1nc(N)nc(NCCCc2nc3cccc(C)c3c(=O)n2-c2ccccc2)c1/C=C/C(=O)Nc1cccnc1. The number of benzene rings is 2. The molecule has 10 heteroatoms. The van der Waals surface area contributed by atoms with Crippen LogP contribution < -0.4 is 21.9 Å². The molecular formula is C31H30N8O2. The van der Waals surface area contributed by atoms with Gasteiger partial charge in [0.2, 0.25) is 11.9 Å². The number of fused-ring (bicyclic) bond motifs is 1. The summed E-state index contributed by atoms with van der Waals surface area (Å²) in [5.41, 5.74) is 10.1. The molecule has 0 fully saturated rings. The fourth-order valence-corrected chi connectivity index (χ4v) is 4.62. The van der Waals surface area contributed by atoms with E-state index in [0.717, 1.165) is 11.3 Å². The molecule has 0 radical (unpaired) electrons. The van der Waals surface area contributed by atoms with Crippen molar-refractivity contribution in [3.63, 3.8) is 0 Å². The molecule has 1 amide bonds. The molecule has 0 saturated heterocycles. The lowest BCUT2D eigenvalue weighted by molar-refractivity contribution is -0.111. The summed E-state index contributed by atoms with van der Waals surface area (Å²) in [6, 6.07) is 18.8. The molecule has 0 saturated carbocycles. The first-order valence-electron chi connectivity index (χ1n) is 13.2. The molecule has 0 unspecified atom stereocenters. The Hall–Kier alpha value is -5.38. The van der Waals surface area contributed by atoms with E-state index in [4.69, 9.17) is 10.7 Å². The number of nitrogens with zero attached hydrogens (tertiary/aromatic N) is 5. The van der Waals surface area contributed by atoms with Gasteiger partial charge in [-0.15, -0.1) is 0 Å². The monoisotopic (exact) mass is 546 g/mol. The molecule has 0 aliphatic rings. The Balaban J connectivity index is 1.34. The third-order valence-electron chi connectivity index (χ3n) is 6.54. The molecule has 0 spiro atoms. The number of aryl methyl sites for hydroxylation is 3. The van der Waals surface area contributed by atoms with Crippen molar-refractivity contribution in [3.8, 4) is 5.69 Å². The van der Waals surface area contributed by atoms with Crippen LogP contribution in [0.25, 0.3) is 22.7 Å². The van der Waals surface area contributed by atoms with E-state index in [1.165, 1.54) is 6.08 Å². The number of para-hydroxylation sites is 1. The second-order valence-electron chi connectivity index (χ2n) is 9.50. The van der Waals surface area contributed by atoms with Crippen molar-refractivity contribution in [1.29, 1.82) is 0 Å². The Labute approximate surface area is 237 Å². The van der Waals surface area contributed by atoms with Gasteiger partial charge < -0.3 is 16.4 Å². The number of nitrogen functional groups attached to an aromatic ring is 1. The number of hydrogen-bond acceptors (Lipinski definition) is 8. The molecule has 5 rings (SSSR count). The van der Waals surface area contributed by atoms with Crippen molar-refractivity contribution < 1.29 is 4.79 Å². The Morgan fingerprint density at radius 1 is 1.00 bits per heavy atom. The zero-order valence-electron chi connectivity index (χ0n) is 22.8. The lowest BCUT2D eigenvalue weighted by atomic mass is 10.1. The van der Waals surface area contributed by atoms with Gasteiger partial charge in [0.15, 0.2) is 0 Å². The van der Waals surface area contributed by atoms with Crippen LogP contribution in [0.2, 0.25) is 0 Å². The lowest BCUT2D eigenvalue weighted by Gasteiger charge is -2.15. The second-order valence-corrected chi connectivity index (χ2v) is 9.50. The highest BCUT2D eigenvalue weighted by Gasteiger charge is 2.15. The fraction of sp³-hybridized carbons (Fsp3) is 0.161. The molecule has 0 bridgehead atoms. The van der Waals surface area contributed by atoms with Crippen LogP contribution in [0.3, 0.4) is 0 Å². The molecule has 2 aromatic carbocycles. The highest BCUT2D eigenvalue weighted by molar-refractivity contribution is 6.02. The first-order valence-corrected chi connectivity index (χ1v) is 13.2. The maximum absolute atomic E-state index is 13.6. The number of aromatic nitrogens is 5. The second kappa shape index (κ2) is 12.2. The lowest BCUT2D eigenvalue weighted by Crippen LogP contribution is -2.25. The molecule has 5 aromatic rings. The van der Waals surface area contributed by atoms with Gasteiger partial charge in [0.25, 0.3) is 5.56 Å². The topological polar surface area (TPSA) is 141 Å². The molecule has 10 nitrogen and oxygen atoms in total. The minimum absolute atomic E-state index is 0.0848. The highest BCUT2D eigenvalue weighted by atomic mass is 16.1. The Morgan fingerprint density at radius 3 is 2.61 bits per heavy atom. The van der Waals surface area contributed by atoms with Crippen molar-refractivity contribution in [2.45, 2.75) is 26.7 Å². The standard InChI is InChI=1S/C31H30N8O2/c1-20-9-6-13-25-28(20)30(41)39(23-11-4-3-5-12-23)26(37-25)14-8-18-34-29-24(21(2)35-31(32)38-29)15-16-27(40)36-22-10-7-17-33-19-22/h3-7,9-13,15-17,19H,8,14,18H2,1-2H3,(H,36,40)(H3,32,34,35,38)/b16-15+. The van der Waals surface area contributed by atoms with Crippen LogP contribution in [0.1, 0.15) is 29.1 Å². The minimum atomic E-state index is -0.309. The fourth-order valence-electron chi connectivity index (χ4n) is 4.62. The number of pyridine rings is 1. The maximum Gasteiger partial charge on any atom is 0.266 e. The van der Waals surface area contributed by atoms with Gasteiger partial charge in [-0.2, -0.15) is 4.98 Å². The summed E-state index contributed by atoms with van der Waals surface area (Å²) in [5.74, 6) is 1.01. The summed E-state index contributed by atoms with van der Waals surface area (Å²) in [7, 11) is 0. The summed E-state index contributed by atoms with van der Waals surface area (Å²) in [6.07, 6.45) is 7.47. The number of hydrogen-bond donors (Lipinski definition) is 3. The van der Waals surface area contributed by atoms with Crippen molar-refractivity contribution >= 4 is 40.3 Å². The van der Waals surface area contributed by atoms with Crippen molar-refractivity contribution in [2.75, 3.05) is 22.9 Å². The molecule has 0 atom stereocenters. The summed E-state index contributed by atoms with van der Waals surface area (Å²) >= 11 is 0. The van der Waals surface area contributed by atoms with Gasteiger partial charge >= 0.3 is 0 Å². The summed E-state index contributed by atoms with van der Waals surface area (Å²) < 4.78 is 1.69. The van der Waals surface area contributed by atoms with Gasteiger partial charge in [0.05, 0.1) is 34.2 Å². The first kappa shape index (κ1) is 27.2. The normalized spacial score (nSPS) is 11.2. The average molecular weight is 547 g/mol. The van der Waals surface area contributed by atoms with Crippen LogP contribution in [-0.2, 0) is 11.2 Å². The van der Waals surface area contributed by atoms with E-state index in [-0.39, 0.29) is 17.4 Å². The molecule has 3 aromatic heterocycles. The van der Waals surface area contributed by atoms with Gasteiger partial charge in [-0.3, -0.25) is 19.1 Å². The van der Waals surface area contributed by atoms with Gasteiger partial charge in [0, 0.05) is 30.8 Å². The predicted molar refractivity (Wildman–Crippen MR) is 162 cm³/mol. The number of carbonyl (C=O) groups excluding carboxylic acids is 1. The van der Waals surface area contributed by atoms with Crippen molar-refractivity contribution in [2.24, 2.45) is 0 Å². The number of nitrogens with two attached hydrogens (primary N) is 1. The number of anilines is 3. The van der Waals surface area contributed by atoms with Crippen LogP contribution in [0.15, 0.2) is 83.9 Å². The Bertz CT molecular complexity index is 1780. The zero-order chi connectivity index (χ0) is 28.8. The van der Waals surface area contributed by atoms with Gasteiger partial charge in [-0.25, -0.2) is 9.97 Å². The van der Waals surface area contributed by atoms with E-state index in [1.807, 2.05) is 55.5 Å². The van der Waals surface area contributed by atoms with Crippen LogP contribution in [0.5, 0.6) is 0 Å². The molecule has 4 N–H and O–H groups in total. The summed E-state index contributed by atoms with van der Waals surface area (Å²) in [4.78, 5) is 43.5. The van der Waals surface area contributed by atoms with Gasteiger partial charge in [-0.1, -0.05) is 30.3 Å². The van der Waals surface area contributed by atoms with E-state index >= 15 is 0 Å². The maximum atomic E-state index is 13.6. The third-order valence-corrected chi connectivity index (χ3v) is 6.54. The number of amides is 1. The number of nitrogens with one attached hydrogen (secondary N) is 2. The van der Waals surface area contributed by atoms with E-state index in [1.54, 1.807) is 42.1 Å². The van der Waals surface area contributed by atoms with Crippen LogP contribution >= 0.6 is 0 Å². The highest BCUT2D eigenvalue weighted by Crippen LogP contribution is 2.20. The van der Waals surface area contributed by atoms with E-state index in [2.05, 4.69) is 25.6 Å². The first-order chi connectivity index (χ1) is 19.9. The third kappa shape index (κ3) is 6.27. The van der Waals surface area contributed by atoms with Crippen molar-refractivity contribution in [3.05, 3.63) is 112 Å². The minimum Gasteiger partial charge on any atom is -0.369 e. The molecule has 206 valence electrons. The van der Waals surface area contributed by atoms with Crippen LogP contribution in [0.4, 0.5) is 17.5 Å². The quantitative estimate of drug-likeness (QED) is 0.182. The molecule has 3 heterocycles. The molecular weight excluding hydrogens is 516 g/mol. The molecule has 41 heavy (non-hydrogen) atoms. The molecule has 0 aliphatic heterocycles. The molecule has 0 aliphatic carbocycles. The van der Waals surface area contributed by atoms with E-state index in [9.17, 15) is 9.59 Å².